The molecular formula is C17H19O5P. The molecule has 23 heavy (non-hydrogen) atoms. The minimum Gasteiger partial charge on any atom is -0.499 e. The van der Waals surface area contributed by atoms with E-state index in [0.29, 0.717) is 11.5 Å². The number of allylic oxidation sites excluding steroid dienone is 1. The number of phosphoric acid groups is 1. The van der Waals surface area contributed by atoms with E-state index >= 15 is 0 Å². The molecule has 0 radical (unpaired) electrons. The van der Waals surface area contributed by atoms with Gasteiger partial charge in [0, 0.05) is 0 Å². The molecule has 0 aliphatic carbocycles. The maximum Gasteiger partial charge on any atom is 0.587 e. The third-order valence-corrected chi connectivity index (χ3v) is 3.97. The van der Waals surface area contributed by atoms with Gasteiger partial charge in [-0.05, 0) is 31.2 Å². The topological polar surface area (TPSA) is 54.0 Å². The Balaban J connectivity index is 2.04. The first-order valence-electron chi connectivity index (χ1n) is 7.18. The number of phosphoric ester groups is 1. The fourth-order valence-electron chi connectivity index (χ4n) is 1.65. The Morgan fingerprint density at radius 2 is 1.39 bits per heavy atom. The number of benzene rings is 2. The number of para-hydroxylation sites is 2. The monoisotopic (exact) mass is 334 g/mol. The van der Waals surface area contributed by atoms with Gasteiger partial charge in [-0.15, -0.1) is 0 Å². The Hall–Kier alpha value is -2.23. The van der Waals surface area contributed by atoms with Crippen LogP contribution in [0.1, 0.15) is 6.92 Å². The first kappa shape index (κ1) is 17.1. The molecule has 0 spiro atoms. The molecular weight excluding hydrogens is 315 g/mol. The highest BCUT2D eigenvalue weighted by Gasteiger charge is 2.30. The molecule has 2 aromatic carbocycles. The van der Waals surface area contributed by atoms with Crippen LogP contribution in [-0.2, 0) is 13.8 Å². The van der Waals surface area contributed by atoms with E-state index in [0.717, 1.165) is 0 Å². The summed E-state index contributed by atoms with van der Waals surface area (Å²) in [4.78, 5) is 0. The van der Waals surface area contributed by atoms with Crippen molar-refractivity contribution in [2.75, 3.05) is 13.2 Å². The van der Waals surface area contributed by atoms with Crippen LogP contribution in [-0.4, -0.2) is 13.2 Å². The van der Waals surface area contributed by atoms with Gasteiger partial charge < -0.3 is 13.8 Å². The van der Waals surface area contributed by atoms with Crippen molar-refractivity contribution in [2.45, 2.75) is 6.92 Å². The standard InChI is InChI=1S/C17H19O5P/c1-2-13-19-14-15-20-23(18,21-16-9-5-3-6-10-16)22-17-11-7-4-8-12-17/h2-13H,14-15H2,1H3. The van der Waals surface area contributed by atoms with Crippen molar-refractivity contribution < 1.29 is 22.9 Å². The molecule has 2 aromatic rings. The Morgan fingerprint density at radius 1 is 0.870 bits per heavy atom. The lowest BCUT2D eigenvalue weighted by molar-refractivity contribution is 0.147. The molecule has 0 saturated carbocycles. The summed E-state index contributed by atoms with van der Waals surface area (Å²) in [6, 6.07) is 17.5. The molecule has 2 rings (SSSR count). The van der Waals surface area contributed by atoms with Crippen LogP contribution < -0.4 is 9.05 Å². The lowest BCUT2D eigenvalue weighted by atomic mass is 10.3. The second-order valence-electron chi connectivity index (χ2n) is 4.43. The lowest BCUT2D eigenvalue weighted by Gasteiger charge is -2.18. The Morgan fingerprint density at radius 3 is 1.87 bits per heavy atom. The second-order valence-corrected chi connectivity index (χ2v) is 5.95. The van der Waals surface area contributed by atoms with E-state index in [-0.39, 0.29) is 13.2 Å². The number of rotatable bonds is 9. The largest absolute Gasteiger partial charge is 0.587 e. The van der Waals surface area contributed by atoms with Gasteiger partial charge in [-0.1, -0.05) is 42.5 Å². The first-order valence-corrected chi connectivity index (χ1v) is 8.64. The molecule has 0 unspecified atom stereocenters. The molecule has 0 bridgehead atoms. The van der Waals surface area contributed by atoms with E-state index in [9.17, 15) is 4.57 Å². The highest BCUT2D eigenvalue weighted by atomic mass is 31.2. The lowest BCUT2D eigenvalue weighted by Crippen LogP contribution is -2.08. The van der Waals surface area contributed by atoms with Gasteiger partial charge in [-0.2, -0.15) is 0 Å². The van der Waals surface area contributed by atoms with Gasteiger partial charge in [-0.3, -0.25) is 4.52 Å². The van der Waals surface area contributed by atoms with E-state index in [1.807, 2.05) is 19.1 Å². The fourth-order valence-corrected chi connectivity index (χ4v) is 2.85. The quantitative estimate of drug-likeness (QED) is 0.374. The zero-order valence-electron chi connectivity index (χ0n) is 12.8. The SMILES string of the molecule is CC=COCCOP(=O)(Oc1ccccc1)Oc1ccccc1. The molecule has 5 nitrogen and oxygen atoms in total. The van der Waals surface area contributed by atoms with Gasteiger partial charge in [-0.25, -0.2) is 4.57 Å². The third-order valence-electron chi connectivity index (χ3n) is 2.60. The van der Waals surface area contributed by atoms with E-state index in [1.54, 1.807) is 54.6 Å². The Kier molecular flexibility index (Phi) is 6.73. The molecule has 6 heteroatoms. The van der Waals surface area contributed by atoms with Crippen molar-refractivity contribution in [3.63, 3.8) is 0 Å². The molecule has 0 N–H and O–H groups in total. The van der Waals surface area contributed by atoms with Crippen LogP contribution in [0.2, 0.25) is 0 Å². The van der Waals surface area contributed by atoms with Crippen LogP contribution in [0.25, 0.3) is 0 Å². The van der Waals surface area contributed by atoms with Gasteiger partial charge in [0.05, 0.1) is 12.9 Å². The van der Waals surface area contributed by atoms with Crippen LogP contribution >= 0.6 is 7.82 Å². The van der Waals surface area contributed by atoms with E-state index < -0.39 is 7.82 Å². The van der Waals surface area contributed by atoms with Crippen molar-refractivity contribution in [1.29, 1.82) is 0 Å². The molecule has 0 heterocycles. The van der Waals surface area contributed by atoms with Crippen molar-refractivity contribution in [3.05, 3.63) is 73.0 Å². The van der Waals surface area contributed by atoms with Crippen LogP contribution in [0.15, 0.2) is 73.0 Å². The maximum atomic E-state index is 12.8. The molecule has 0 aliphatic rings. The fraction of sp³-hybridized carbons (Fsp3) is 0.176. The molecule has 0 atom stereocenters. The zero-order chi connectivity index (χ0) is 16.4. The number of hydrogen-bond donors (Lipinski definition) is 0. The van der Waals surface area contributed by atoms with Crippen molar-refractivity contribution in [3.8, 4) is 11.5 Å². The smallest absolute Gasteiger partial charge is 0.499 e. The molecule has 0 saturated heterocycles. The predicted octanol–water partition coefficient (Wildman–Crippen LogP) is 4.82. The zero-order valence-corrected chi connectivity index (χ0v) is 13.7. The average Bonchev–Trinajstić information content (AvgIpc) is 2.56. The van der Waals surface area contributed by atoms with E-state index in [1.165, 1.54) is 6.26 Å². The highest BCUT2D eigenvalue weighted by molar-refractivity contribution is 7.49. The van der Waals surface area contributed by atoms with E-state index in [2.05, 4.69) is 0 Å². The predicted molar refractivity (Wildman–Crippen MR) is 88.5 cm³/mol. The average molecular weight is 334 g/mol. The second kappa shape index (κ2) is 9.03. The normalized spacial score (nSPS) is 11.3. The summed E-state index contributed by atoms with van der Waals surface area (Å²) in [7, 11) is -3.82. The van der Waals surface area contributed by atoms with Crippen LogP contribution in [0.4, 0.5) is 0 Å². The maximum absolute atomic E-state index is 12.8. The summed E-state index contributed by atoms with van der Waals surface area (Å²) in [6.07, 6.45) is 3.28. The molecule has 122 valence electrons. The Bertz CT molecular complexity index is 597. The summed E-state index contributed by atoms with van der Waals surface area (Å²) in [6.45, 7) is 2.15. The molecule has 0 amide bonds. The molecule has 0 fully saturated rings. The third kappa shape index (κ3) is 6.19. The minimum atomic E-state index is -3.82. The van der Waals surface area contributed by atoms with Crippen LogP contribution in [0.5, 0.6) is 11.5 Å². The van der Waals surface area contributed by atoms with Crippen molar-refractivity contribution in [1.82, 2.24) is 0 Å². The van der Waals surface area contributed by atoms with Gasteiger partial charge in [0.1, 0.15) is 18.1 Å². The van der Waals surface area contributed by atoms with Crippen molar-refractivity contribution in [2.24, 2.45) is 0 Å². The summed E-state index contributed by atoms with van der Waals surface area (Å²) < 4.78 is 34.2. The molecule has 0 aromatic heterocycles. The summed E-state index contributed by atoms with van der Waals surface area (Å²) in [5.41, 5.74) is 0. The van der Waals surface area contributed by atoms with Gasteiger partial charge >= 0.3 is 7.82 Å². The van der Waals surface area contributed by atoms with Gasteiger partial charge in [0.25, 0.3) is 0 Å². The van der Waals surface area contributed by atoms with Crippen LogP contribution in [0, 0.1) is 0 Å². The van der Waals surface area contributed by atoms with Gasteiger partial charge in [0.2, 0.25) is 0 Å². The molecule has 0 aliphatic heterocycles. The van der Waals surface area contributed by atoms with Gasteiger partial charge in [0.15, 0.2) is 0 Å². The summed E-state index contributed by atoms with van der Waals surface area (Å²) in [5, 5.41) is 0. The number of ether oxygens (including phenoxy) is 1. The summed E-state index contributed by atoms with van der Waals surface area (Å²) >= 11 is 0. The Labute approximate surface area is 136 Å². The van der Waals surface area contributed by atoms with Crippen molar-refractivity contribution >= 4 is 7.82 Å². The highest BCUT2D eigenvalue weighted by Crippen LogP contribution is 2.49. The summed E-state index contributed by atoms with van der Waals surface area (Å²) in [5.74, 6) is 0.808. The van der Waals surface area contributed by atoms with Crippen LogP contribution in [0.3, 0.4) is 0 Å². The minimum absolute atomic E-state index is 0.0707. The van der Waals surface area contributed by atoms with E-state index in [4.69, 9.17) is 18.3 Å². The number of hydrogen-bond acceptors (Lipinski definition) is 5. The first-order chi connectivity index (χ1) is 11.2.